The lowest BCUT2D eigenvalue weighted by molar-refractivity contribution is 0.476. The molecule has 6 heteroatoms. The molecule has 0 bridgehead atoms. The molecule has 1 aliphatic rings. The van der Waals surface area contributed by atoms with Crippen molar-refractivity contribution in [2.24, 2.45) is 11.8 Å². The maximum atomic E-state index is 12.3. The van der Waals surface area contributed by atoms with Crippen molar-refractivity contribution in [3.05, 3.63) is 24.3 Å². The summed E-state index contributed by atoms with van der Waals surface area (Å²) in [4.78, 5) is 0.201. The molecule has 4 N–H and O–H groups in total. The number of sulfonamides is 1. The van der Waals surface area contributed by atoms with E-state index in [9.17, 15) is 8.42 Å². The zero-order valence-electron chi connectivity index (χ0n) is 10.4. The van der Waals surface area contributed by atoms with Gasteiger partial charge in [-0.1, -0.05) is 25.5 Å². The normalized spacial score (nSPS) is 24.1. The van der Waals surface area contributed by atoms with Gasteiger partial charge in [-0.05, 0) is 30.9 Å². The van der Waals surface area contributed by atoms with Gasteiger partial charge in [0.15, 0.2) is 0 Å². The lowest BCUT2D eigenvalue weighted by Gasteiger charge is -2.18. The number of nitrogens with one attached hydrogen (secondary N) is 2. The minimum atomic E-state index is -3.51. The fourth-order valence-electron chi connectivity index (χ4n) is 2.40. The van der Waals surface area contributed by atoms with Crippen molar-refractivity contribution < 1.29 is 8.42 Å². The second-order valence-corrected chi connectivity index (χ2v) is 6.46. The highest BCUT2D eigenvalue weighted by Gasteiger charge is 2.29. The number of rotatable bonds is 4. The number of nitrogen functional groups attached to an aromatic ring is 1. The van der Waals surface area contributed by atoms with Crippen LogP contribution < -0.4 is 16.0 Å². The molecule has 1 aromatic rings. The Morgan fingerprint density at radius 1 is 1.28 bits per heavy atom. The second kappa shape index (κ2) is 5.26. The molecule has 0 aromatic heterocycles. The summed E-state index contributed by atoms with van der Waals surface area (Å²) in [5.41, 5.74) is 2.83. The predicted molar refractivity (Wildman–Crippen MR) is 71.4 cm³/mol. The van der Waals surface area contributed by atoms with Crippen LogP contribution in [0.15, 0.2) is 29.2 Å². The molecule has 0 aliphatic heterocycles. The Kier molecular flexibility index (Phi) is 3.89. The maximum absolute atomic E-state index is 12.3. The van der Waals surface area contributed by atoms with E-state index < -0.39 is 10.0 Å². The molecule has 0 spiro atoms. The van der Waals surface area contributed by atoms with Crippen LogP contribution in [-0.2, 0) is 10.0 Å². The first kappa shape index (κ1) is 13.3. The minimum absolute atomic E-state index is 0.0285. The Labute approximate surface area is 108 Å². The summed E-state index contributed by atoms with van der Waals surface area (Å²) in [7, 11) is -3.51. The fraction of sp³-hybridized carbons (Fsp3) is 0.500. The van der Waals surface area contributed by atoms with Gasteiger partial charge in [-0.15, -0.1) is 0 Å². The van der Waals surface area contributed by atoms with Crippen molar-refractivity contribution >= 4 is 15.7 Å². The summed E-state index contributed by atoms with van der Waals surface area (Å²) in [5, 5.41) is 0. The summed E-state index contributed by atoms with van der Waals surface area (Å²) >= 11 is 0. The van der Waals surface area contributed by atoms with Crippen LogP contribution in [0, 0.1) is 5.92 Å². The quantitative estimate of drug-likeness (QED) is 0.570. The van der Waals surface area contributed by atoms with Crippen molar-refractivity contribution in [1.82, 2.24) is 4.72 Å². The molecule has 1 aliphatic carbocycles. The SMILES string of the molecule is CC1CCCC1NS(=O)(=O)c1ccccc1NN. The summed E-state index contributed by atoms with van der Waals surface area (Å²) in [5.74, 6) is 5.73. The Morgan fingerprint density at radius 2 is 2.00 bits per heavy atom. The number of hydrogen-bond acceptors (Lipinski definition) is 4. The summed E-state index contributed by atoms with van der Waals surface area (Å²) in [6.07, 6.45) is 3.05. The van der Waals surface area contributed by atoms with E-state index in [1.807, 2.05) is 0 Å². The van der Waals surface area contributed by atoms with E-state index in [-0.39, 0.29) is 10.9 Å². The van der Waals surface area contributed by atoms with E-state index in [1.165, 1.54) is 0 Å². The van der Waals surface area contributed by atoms with Gasteiger partial charge in [0.2, 0.25) is 10.0 Å². The highest BCUT2D eigenvalue weighted by atomic mass is 32.2. The van der Waals surface area contributed by atoms with E-state index >= 15 is 0 Å². The van der Waals surface area contributed by atoms with Gasteiger partial charge in [0.25, 0.3) is 0 Å². The number of hydrogen-bond donors (Lipinski definition) is 3. The maximum Gasteiger partial charge on any atom is 0.242 e. The molecule has 1 saturated carbocycles. The molecule has 0 radical (unpaired) electrons. The lowest BCUT2D eigenvalue weighted by Crippen LogP contribution is -2.36. The Balaban J connectivity index is 2.25. The van der Waals surface area contributed by atoms with E-state index in [0.29, 0.717) is 11.6 Å². The van der Waals surface area contributed by atoms with Crippen molar-refractivity contribution in [2.75, 3.05) is 5.43 Å². The first-order chi connectivity index (χ1) is 8.54. The Bertz CT molecular complexity index is 516. The number of nitrogens with two attached hydrogens (primary N) is 1. The van der Waals surface area contributed by atoms with E-state index in [0.717, 1.165) is 19.3 Å². The Morgan fingerprint density at radius 3 is 2.61 bits per heavy atom. The molecule has 2 unspecified atom stereocenters. The molecular weight excluding hydrogens is 250 g/mol. The van der Waals surface area contributed by atoms with Crippen LogP contribution >= 0.6 is 0 Å². The molecule has 18 heavy (non-hydrogen) atoms. The molecule has 5 nitrogen and oxygen atoms in total. The van der Waals surface area contributed by atoms with E-state index in [2.05, 4.69) is 17.1 Å². The van der Waals surface area contributed by atoms with Gasteiger partial charge in [-0.3, -0.25) is 5.84 Å². The predicted octanol–water partition coefficient (Wildman–Crippen LogP) is 1.44. The average molecular weight is 269 g/mol. The standard InChI is InChI=1S/C12H19N3O2S/c1-9-5-4-7-10(9)15-18(16,17)12-8-3-2-6-11(12)14-13/h2-3,6,8-10,14-15H,4-5,7,13H2,1H3. The summed E-state index contributed by atoms with van der Waals surface area (Å²) in [6.45, 7) is 2.08. The van der Waals surface area contributed by atoms with Gasteiger partial charge in [0.05, 0.1) is 5.69 Å². The highest BCUT2D eigenvalue weighted by molar-refractivity contribution is 7.89. The number of benzene rings is 1. The third kappa shape index (κ3) is 2.66. The van der Waals surface area contributed by atoms with Gasteiger partial charge in [0, 0.05) is 6.04 Å². The van der Waals surface area contributed by atoms with Gasteiger partial charge in [-0.25, -0.2) is 13.1 Å². The first-order valence-electron chi connectivity index (χ1n) is 6.12. The fourth-order valence-corrected chi connectivity index (χ4v) is 3.95. The topological polar surface area (TPSA) is 84.2 Å². The summed E-state index contributed by atoms with van der Waals surface area (Å²) in [6, 6.07) is 6.66. The monoisotopic (exact) mass is 269 g/mol. The van der Waals surface area contributed by atoms with Crippen LogP contribution in [0.3, 0.4) is 0 Å². The van der Waals surface area contributed by atoms with Crippen LogP contribution in [0.2, 0.25) is 0 Å². The van der Waals surface area contributed by atoms with Crippen LogP contribution in [0.25, 0.3) is 0 Å². The molecule has 1 fully saturated rings. The molecular formula is C12H19N3O2S. The lowest BCUT2D eigenvalue weighted by atomic mass is 10.1. The molecule has 2 rings (SSSR count). The molecule has 100 valence electrons. The third-order valence-electron chi connectivity index (χ3n) is 3.50. The van der Waals surface area contributed by atoms with E-state index in [4.69, 9.17) is 5.84 Å². The van der Waals surface area contributed by atoms with Crippen LogP contribution in [0.5, 0.6) is 0 Å². The molecule has 0 amide bonds. The largest absolute Gasteiger partial charge is 0.323 e. The zero-order valence-corrected chi connectivity index (χ0v) is 11.2. The number of hydrazine groups is 1. The average Bonchev–Trinajstić information content (AvgIpc) is 2.74. The van der Waals surface area contributed by atoms with Crippen molar-refractivity contribution in [1.29, 1.82) is 0 Å². The molecule has 0 heterocycles. The van der Waals surface area contributed by atoms with Gasteiger partial charge in [-0.2, -0.15) is 0 Å². The van der Waals surface area contributed by atoms with Gasteiger partial charge in [0.1, 0.15) is 4.90 Å². The van der Waals surface area contributed by atoms with Crippen molar-refractivity contribution in [2.45, 2.75) is 37.1 Å². The second-order valence-electron chi connectivity index (χ2n) is 4.78. The smallest absolute Gasteiger partial charge is 0.242 e. The number of anilines is 1. The highest BCUT2D eigenvalue weighted by Crippen LogP contribution is 2.27. The van der Waals surface area contributed by atoms with Crippen molar-refractivity contribution in [3.8, 4) is 0 Å². The molecule has 1 aromatic carbocycles. The number of para-hydroxylation sites is 1. The first-order valence-corrected chi connectivity index (χ1v) is 7.61. The van der Waals surface area contributed by atoms with Crippen LogP contribution in [-0.4, -0.2) is 14.5 Å². The van der Waals surface area contributed by atoms with Crippen molar-refractivity contribution in [3.63, 3.8) is 0 Å². The minimum Gasteiger partial charge on any atom is -0.323 e. The Hall–Kier alpha value is -1.11. The summed E-state index contributed by atoms with van der Waals surface area (Å²) < 4.78 is 27.4. The third-order valence-corrected chi connectivity index (χ3v) is 5.05. The van der Waals surface area contributed by atoms with Gasteiger partial charge < -0.3 is 5.43 Å². The van der Waals surface area contributed by atoms with Gasteiger partial charge >= 0.3 is 0 Å². The van der Waals surface area contributed by atoms with E-state index in [1.54, 1.807) is 24.3 Å². The van der Waals surface area contributed by atoms with Crippen LogP contribution in [0.4, 0.5) is 5.69 Å². The zero-order chi connectivity index (χ0) is 13.2. The van der Waals surface area contributed by atoms with Crippen LogP contribution in [0.1, 0.15) is 26.2 Å². The molecule has 0 saturated heterocycles. The molecule has 2 atom stereocenters.